The van der Waals surface area contributed by atoms with Crippen LogP contribution in [-0.4, -0.2) is 72.8 Å². The first-order chi connectivity index (χ1) is 14.8. The van der Waals surface area contributed by atoms with Gasteiger partial charge in [-0.05, 0) is 48.6 Å². The summed E-state index contributed by atoms with van der Waals surface area (Å²) in [6, 6.07) is 12.5. The molecule has 3 fully saturated rings. The lowest BCUT2D eigenvalue weighted by atomic mass is 9.96. The minimum atomic E-state index is -3.60. The van der Waals surface area contributed by atoms with Crippen molar-refractivity contribution < 1.29 is 18.0 Å². The molecular formula is C22H26N4O4S. The van der Waals surface area contributed by atoms with E-state index in [0.717, 1.165) is 23.6 Å². The highest BCUT2D eigenvalue weighted by Gasteiger charge is 2.56. The first-order valence-electron chi connectivity index (χ1n) is 10.6. The Balaban J connectivity index is 1.24. The number of hydrogen-bond acceptors (Lipinski definition) is 5. The number of fused-ring (bicyclic) bond motifs is 1. The summed E-state index contributed by atoms with van der Waals surface area (Å²) in [5.74, 6) is 0.0455. The fourth-order valence-corrected chi connectivity index (χ4v) is 6.03. The van der Waals surface area contributed by atoms with Gasteiger partial charge in [0.05, 0.1) is 11.6 Å². The Labute approximate surface area is 181 Å². The van der Waals surface area contributed by atoms with E-state index in [-0.39, 0.29) is 29.4 Å². The third-order valence-corrected chi connectivity index (χ3v) is 8.62. The van der Waals surface area contributed by atoms with Crippen LogP contribution < -0.4 is 5.32 Å². The Morgan fingerprint density at radius 1 is 1.00 bits per heavy atom. The first-order valence-corrected chi connectivity index (χ1v) is 12.1. The zero-order valence-electron chi connectivity index (χ0n) is 17.5. The predicted octanol–water partition coefficient (Wildman–Crippen LogP) is 1.82. The molecule has 1 unspecified atom stereocenters. The number of nitrogens with zero attached hydrogens (tertiary/aromatic N) is 3. The van der Waals surface area contributed by atoms with Crippen molar-refractivity contribution in [2.75, 3.05) is 32.8 Å². The van der Waals surface area contributed by atoms with Crippen molar-refractivity contribution in [3.05, 3.63) is 42.5 Å². The van der Waals surface area contributed by atoms with E-state index in [2.05, 4.69) is 5.32 Å². The van der Waals surface area contributed by atoms with Gasteiger partial charge in [-0.1, -0.05) is 30.3 Å². The quantitative estimate of drug-likeness (QED) is 0.714. The van der Waals surface area contributed by atoms with Crippen molar-refractivity contribution in [3.63, 3.8) is 0 Å². The summed E-state index contributed by atoms with van der Waals surface area (Å²) in [7, 11) is -3.60. The van der Waals surface area contributed by atoms with Gasteiger partial charge >= 0.3 is 6.03 Å². The minimum absolute atomic E-state index is 0.175. The summed E-state index contributed by atoms with van der Waals surface area (Å²) < 4.78 is 27.7. The van der Waals surface area contributed by atoms with Crippen molar-refractivity contribution in [1.29, 1.82) is 0 Å². The summed E-state index contributed by atoms with van der Waals surface area (Å²) >= 11 is 0. The van der Waals surface area contributed by atoms with E-state index in [0.29, 0.717) is 26.2 Å². The van der Waals surface area contributed by atoms with E-state index in [1.54, 1.807) is 19.1 Å². The lowest BCUT2D eigenvalue weighted by molar-refractivity contribution is -0.133. The van der Waals surface area contributed by atoms with Gasteiger partial charge in [0.2, 0.25) is 10.0 Å². The number of benzene rings is 2. The topological polar surface area (TPSA) is 90.0 Å². The molecule has 3 amide bonds. The van der Waals surface area contributed by atoms with Gasteiger partial charge in [-0.2, -0.15) is 4.31 Å². The molecule has 0 spiro atoms. The Bertz CT molecular complexity index is 1160. The number of piperazine rings is 1. The van der Waals surface area contributed by atoms with Crippen molar-refractivity contribution in [1.82, 2.24) is 19.4 Å². The smallest absolute Gasteiger partial charge is 0.323 e. The maximum atomic E-state index is 13.1. The summed E-state index contributed by atoms with van der Waals surface area (Å²) in [6.45, 7) is 3.56. The highest BCUT2D eigenvalue weighted by Crippen LogP contribution is 2.42. The highest BCUT2D eigenvalue weighted by molar-refractivity contribution is 7.89. The van der Waals surface area contributed by atoms with E-state index in [9.17, 15) is 18.0 Å². The molecule has 0 aromatic heterocycles. The molecule has 8 nitrogen and oxygen atoms in total. The van der Waals surface area contributed by atoms with Gasteiger partial charge in [-0.3, -0.25) is 9.69 Å². The van der Waals surface area contributed by atoms with Crippen LogP contribution in [0.25, 0.3) is 10.8 Å². The minimum Gasteiger partial charge on any atom is -0.323 e. The van der Waals surface area contributed by atoms with E-state index in [1.807, 2.05) is 35.2 Å². The third kappa shape index (κ3) is 3.50. The number of carbonyl (C=O) groups is 2. The van der Waals surface area contributed by atoms with Crippen LogP contribution in [0.4, 0.5) is 4.79 Å². The van der Waals surface area contributed by atoms with Crippen LogP contribution in [0.15, 0.2) is 47.4 Å². The summed E-state index contributed by atoms with van der Waals surface area (Å²) in [5, 5.41) is 4.74. The van der Waals surface area contributed by atoms with Gasteiger partial charge in [0, 0.05) is 26.2 Å². The lowest BCUT2D eigenvalue weighted by Crippen LogP contribution is -2.53. The van der Waals surface area contributed by atoms with Crippen molar-refractivity contribution >= 4 is 32.7 Å². The summed E-state index contributed by atoms with van der Waals surface area (Å²) in [5.41, 5.74) is -0.793. The number of nitrogens with one attached hydrogen (secondary N) is 1. The SMILES string of the molecule is CC1(C2CC2)NC(=O)N(CN2CCN(S(=O)(=O)c3ccc4ccccc4c3)CC2)C1=O. The number of sulfonamides is 1. The van der Waals surface area contributed by atoms with Gasteiger partial charge in [0.15, 0.2) is 0 Å². The normalized spacial score (nSPS) is 25.9. The van der Waals surface area contributed by atoms with Crippen molar-refractivity contribution in [2.24, 2.45) is 5.92 Å². The Kier molecular flexibility index (Phi) is 4.80. The van der Waals surface area contributed by atoms with Gasteiger partial charge < -0.3 is 5.32 Å². The van der Waals surface area contributed by atoms with Crippen LogP contribution in [0.3, 0.4) is 0 Å². The van der Waals surface area contributed by atoms with Gasteiger partial charge in [-0.25, -0.2) is 18.1 Å². The molecule has 31 heavy (non-hydrogen) atoms. The van der Waals surface area contributed by atoms with Crippen LogP contribution >= 0.6 is 0 Å². The standard InChI is InChI=1S/C22H26N4O4S/c1-22(18-7-8-18)20(27)26(21(28)23-22)15-24-10-12-25(13-11-24)31(29,30)19-9-6-16-4-2-3-5-17(16)14-19/h2-6,9,14,18H,7-8,10-13,15H2,1H3,(H,23,28). The molecular weight excluding hydrogens is 416 g/mol. The second-order valence-electron chi connectivity index (χ2n) is 8.81. The Hall–Kier alpha value is -2.49. The van der Waals surface area contributed by atoms with Crippen molar-refractivity contribution in [2.45, 2.75) is 30.2 Å². The van der Waals surface area contributed by atoms with Crippen LogP contribution in [-0.2, 0) is 14.8 Å². The fourth-order valence-electron chi connectivity index (χ4n) is 4.57. The zero-order valence-corrected chi connectivity index (χ0v) is 18.3. The predicted molar refractivity (Wildman–Crippen MR) is 116 cm³/mol. The third-order valence-electron chi connectivity index (χ3n) is 6.73. The van der Waals surface area contributed by atoms with E-state index in [1.165, 1.54) is 9.21 Å². The number of imide groups is 1. The molecule has 1 atom stereocenters. The van der Waals surface area contributed by atoms with Crippen LogP contribution in [0.1, 0.15) is 19.8 Å². The molecule has 164 valence electrons. The average molecular weight is 443 g/mol. The zero-order chi connectivity index (χ0) is 21.8. The second-order valence-corrected chi connectivity index (χ2v) is 10.8. The number of rotatable bonds is 5. The molecule has 1 saturated carbocycles. The monoisotopic (exact) mass is 442 g/mol. The molecule has 0 bridgehead atoms. The second kappa shape index (κ2) is 7.29. The highest BCUT2D eigenvalue weighted by atomic mass is 32.2. The molecule has 2 heterocycles. The largest absolute Gasteiger partial charge is 0.326 e. The van der Waals surface area contributed by atoms with Gasteiger partial charge in [0.1, 0.15) is 5.54 Å². The van der Waals surface area contributed by atoms with Crippen molar-refractivity contribution in [3.8, 4) is 0 Å². The van der Waals surface area contributed by atoms with Crippen LogP contribution in [0.2, 0.25) is 0 Å². The molecule has 2 saturated heterocycles. The molecule has 2 aromatic rings. The lowest BCUT2D eigenvalue weighted by Gasteiger charge is -2.35. The van der Waals surface area contributed by atoms with Gasteiger partial charge in [-0.15, -0.1) is 0 Å². The van der Waals surface area contributed by atoms with E-state index in [4.69, 9.17) is 0 Å². The molecule has 2 aliphatic heterocycles. The molecule has 5 rings (SSSR count). The molecule has 1 N–H and O–H groups in total. The van der Waals surface area contributed by atoms with E-state index >= 15 is 0 Å². The average Bonchev–Trinajstić information content (AvgIpc) is 3.60. The number of carbonyl (C=O) groups excluding carboxylic acids is 2. The summed E-state index contributed by atoms with van der Waals surface area (Å²) in [4.78, 5) is 28.7. The van der Waals surface area contributed by atoms with Gasteiger partial charge in [0.25, 0.3) is 5.91 Å². The molecule has 2 aromatic carbocycles. The van der Waals surface area contributed by atoms with E-state index < -0.39 is 15.6 Å². The molecule has 3 aliphatic rings. The maximum absolute atomic E-state index is 13.1. The fraction of sp³-hybridized carbons (Fsp3) is 0.455. The van der Waals surface area contributed by atoms with Crippen LogP contribution in [0.5, 0.6) is 0 Å². The molecule has 9 heteroatoms. The number of urea groups is 1. The number of amides is 3. The van der Waals surface area contributed by atoms with Crippen LogP contribution in [0, 0.1) is 5.92 Å². The number of hydrogen-bond donors (Lipinski definition) is 1. The Morgan fingerprint density at radius 2 is 1.68 bits per heavy atom. The Morgan fingerprint density at radius 3 is 2.35 bits per heavy atom. The first kappa shape index (κ1) is 20.4. The molecule has 1 aliphatic carbocycles. The maximum Gasteiger partial charge on any atom is 0.326 e. The molecule has 0 radical (unpaired) electrons. The summed E-state index contributed by atoms with van der Waals surface area (Å²) in [6.07, 6.45) is 1.92.